The van der Waals surface area contributed by atoms with Gasteiger partial charge in [0.05, 0.1) is 24.1 Å². The van der Waals surface area contributed by atoms with Gasteiger partial charge in [0, 0.05) is 24.7 Å². The maximum Gasteiger partial charge on any atom is 0.292 e. The lowest BCUT2D eigenvalue weighted by Gasteiger charge is -2.35. The summed E-state index contributed by atoms with van der Waals surface area (Å²) in [5, 5.41) is 4.97. The molecule has 0 N–H and O–H groups in total. The normalized spacial score (nSPS) is 14.3. The highest BCUT2D eigenvalue weighted by atomic mass is 35.5. The number of hydrogen-bond acceptors (Lipinski definition) is 4. The van der Waals surface area contributed by atoms with Gasteiger partial charge in [-0.3, -0.25) is 9.59 Å². The molecule has 29 heavy (non-hydrogen) atoms. The van der Waals surface area contributed by atoms with Gasteiger partial charge in [-0.1, -0.05) is 53.5 Å². The summed E-state index contributed by atoms with van der Waals surface area (Å²) in [6.07, 6.45) is 1.54. The topological polar surface area (TPSA) is 58.4 Å². The molecule has 0 aliphatic carbocycles. The fourth-order valence-electron chi connectivity index (χ4n) is 3.29. The van der Waals surface area contributed by atoms with Gasteiger partial charge in [-0.2, -0.15) is 9.78 Å². The van der Waals surface area contributed by atoms with Crippen LogP contribution in [0.5, 0.6) is 0 Å². The Labute approximate surface area is 177 Å². The van der Waals surface area contributed by atoms with Gasteiger partial charge in [-0.25, -0.2) is 0 Å². The Balaban J connectivity index is 1.50. The molecule has 4 rings (SSSR count). The number of halogens is 2. The molecule has 0 spiro atoms. The summed E-state index contributed by atoms with van der Waals surface area (Å²) in [7, 11) is 0. The molecule has 1 aliphatic rings. The molecule has 0 saturated carbocycles. The number of nitrogens with zero attached hydrogens (tertiary/aromatic N) is 4. The lowest BCUT2D eigenvalue weighted by atomic mass is 10.2. The average Bonchev–Trinajstić information content (AvgIpc) is 2.74. The zero-order valence-corrected chi connectivity index (χ0v) is 17.0. The zero-order valence-electron chi connectivity index (χ0n) is 15.5. The van der Waals surface area contributed by atoms with E-state index in [0.29, 0.717) is 36.0 Å². The van der Waals surface area contributed by atoms with Crippen LogP contribution in [0.1, 0.15) is 5.56 Å². The summed E-state index contributed by atoms with van der Waals surface area (Å²) in [5.41, 5.74) is 1.71. The smallest absolute Gasteiger partial charge is 0.292 e. The lowest BCUT2D eigenvalue weighted by Crippen LogP contribution is -2.50. The second-order valence-electron chi connectivity index (χ2n) is 6.76. The predicted molar refractivity (Wildman–Crippen MR) is 114 cm³/mol. The molecule has 1 aliphatic heterocycles. The minimum atomic E-state index is -0.411. The molecule has 3 aromatic rings. The van der Waals surface area contributed by atoms with Crippen molar-refractivity contribution in [3.05, 3.63) is 86.8 Å². The summed E-state index contributed by atoms with van der Waals surface area (Å²) in [5.74, 6) is -0.0329. The van der Waals surface area contributed by atoms with Crippen molar-refractivity contribution in [3.63, 3.8) is 0 Å². The van der Waals surface area contributed by atoms with Crippen LogP contribution in [0, 0.1) is 0 Å². The van der Waals surface area contributed by atoms with Gasteiger partial charge in [0.15, 0.2) is 0 Å². The van der Waals surface area contributed by atoms with Crippen molar-refractivity contribution >= 4 is 34.8 Å². The van der Waals surface area contributed by atoms with E-state index in [4.69, 9.17) is 23.2 Å². The van der Waals surface area contributed by atoms with Gasteiger partial charge in [-0.05, 0) is 29.8 Å². The molecule has 2 aromatic carbocycles. The molecular formula is C21H18Cl2N4O2. The summed E-state index contributed by atoms with van der Waals surface area (Å²) in [6, 6.07) is 16.5. The number of carbonyl (C=O) groups is 1. The molecule has 0 radical (unpaired) electrons. The number of carbonyl (C=O) groups excluding carboxylic acids is 1. The highest BCUT2D eigenvalue weighted by Crippen LogP contribution is 2.24. The van der Waals surface area contributed by atoms with Crippen molar-refractivity contribution in [2.45, 2.75) is 6.54 Å². The van der Waals surface area contributed by atoms with Crippen LogP contribution in [0.2, 0.25) is 10.0 Å². The first-order valence-corrected chi connectivity index (χ1v) is 9.89. The molecule has 148 valence electrons. The van der Waals surface area contributed by atoms with Crippen molar-refractivity contribution in [1.29, 1.82) is 0 Å². The van der Waals surface area contributed by atoms with Crippen LogP contribution in [0.4, 0.5) is 5.69 Å². The van der Waals surface area contributed by atoms with Gasteiger partial charge < -0.3 is 9.80 Å². The van der Waals surface area contributed by atoms with Crippen molar-refractivity contribution in [3.8, 4) is 5.69 Å². The van der Waals surface area contributed by atoms with Crippen LogP contribution in [0.15, 0.2) is 65.6 Å². The number of piperazine rings is 1. The van der Waals surface area contributed by atoms with Gasteiger partial charge in [0.25, 0.3) is 5.56 Å². The standard InChI is InChI=1S/C21H18Cl2N4O2/c22-16-8-6-15(7-9-16)13-26-11-10-25(14-19(26)28)18-12-24-27(21(29)20(18)23)17-4-2-1-3-5-17/h1-9,12H,10-11,13-14H2. The Bertz CT molecular complexity index is 1080. The minimum Gasteiger partial charge on any atom is -0.358 e. The van der Waals surface area contributed by atoms with Crippen LogP contribution in [-0.4, -0.2) is 40.2 Å². The maximum absolute atomic E-state index is 12.7. The number of hydrogen-bond donors (Lipinski definition) is 0. The summed E-state index contributed by atoms with van der Waals surface area (Å²) < 4.78 is 1.25. The largest absolute Gasteiger partial charge is 0.358 e. The highest BCUT2D eigenvalue weighted by molar-refractivity contribution is 6.33. The molecule has 2 heterocycles. The first-order valence-electron chi connectivity index (χ1n) is 9.13. The molecule has 6 nitrogen and oxygen atoms in total. The van der Waals surface area contributed by atoms with E-state index >= 15 is 0 Å². The summed E-state index contributed by atoms with van der Waals surface area (Å²) in [4.78, 5) is 28.9. The molecule has 0 atom stereocenters. The third-order valence-corrected chi connectivity index (χ3v) is 5.45. The molecule has 0 bridgehead atoms. The maximum atomic E-state index is 12.7. The van der Waals surface area contributed by atoms with E-state index in [0.717, 1.165) is 5.56 Å². The van der Waals surface area contributed by atoms with Crippen LogP contribution in [0.3, 0.4) is 0 Å². The summed E-state index contributed by atoms with van der Waals surface area (Å²) in [6.45, 7) is 1.75. The number of amides is 1. The third-order valence-electron chi connectivity index (χ3n) is 4.85. The fraction of sp³-hybridized carbons (Fsp3) is 0.190. The van der Waals surface area contributed by atoms with E-state index in [2.05, 4.69) is 5.10 Å². The fourth-order valence-corrected chi connectivity index (χ4v) is 3.66. The SMILES string of the molecule is O=C1CN(c2cnn(-c3ccccc3)c(=O)c2Cl)CCN1Cc1ccc(Cl)cc1. The zero-order chi connectivity index (χ0) is 20.4. The first-order chi connectivity index (χ1) is 14.0. The molecular weight excluding hydrogens is 411 g/mol. The predicted octanol–water partition coefficient (Wildman–Crippen LogP) is 3.39. The van der Waals surface area contributed by atoms with E-state index in [1.807, 2.05) is 42.5 Å². The monoisotopic (exact) mass is 428 g/mol. The Morgan fingerprint density at radius 1 is 0.931 bits per heavy atom. The van der Waals surface area contributed by atoms with Gasteiger partial charge >= 0.3 is 0 Å². The van der Waals surface area contributed by atoms with Crippen LogP contribution >= 0.6 is 23.2 Å². The van der Waals surface area contributed by atoms with Crippen LogP contribution in [-0.2, 0) is 11.3 Å². The molecule has 0 unspecified atom stereocenters. The molecule has 1 fully saturated rings. The van der Waals surface area contributed by atoms with Crippen molar-refractivity contribution in [2.75, 3.05) is 24.5 Å². The van der Waals surface area contributed by atoms with E-state index in [1.165, 1.54) is 4.68 Å². The first kappa shape index (κ1) is 19.5. The second kappa shape index (κ2) is 8.27. The average molecular weight is 429 g/mol. The van der Waals surface area contributed by atoms with Gasteiger partial charge in [0.1, 0.15) is 5.02 Å². The summed E-state index contributed by atoms with van der Waals surface area (Å²) >= 11 is 12.3. The van der Waals surface area contributed by atoms with E-state index in [9.17, 15) is 9.59 Å². The van der Waals surface area contributed by atoms with E-state index in [-0.39, 0.29) is 17.5 Å². The number of anilines is 1. The Kier molecular flexibility index (Phi) is 5.56. The number of rotatable bonds is 4. The Hall–Kier alpha value is -2.83. The minimum absolute atomic E-state index is 0.0329. The van der Waals surface area contributed by atoms with Crippen molar-refractivity contribution in [2.24, 2.45) is 0 Å². The number of para-hydroxylation sites is 1. The number of aromatic nitrogens is 2. The Morgan fingerprint density at radius 2 is 1.66 bits per heavy atom. The van der Waals surface area contributed by atoms with Gasteiger partial charge in [-0.15, -0.1) is 0 Å². The van der Waals surface area contributed by atoms with E-state index in [1.54, 1.807) is 28.1 Å². The van der Waals surface area contributed by atoms with Gasteiger partial charge in [0.2, 0.25) is 5.91 Å². The third kappa shape index (κ3) is 4.13. The van der Waals surface area contributed by atoms with Crippen molar-refractivity contribution in [1.82, 2.24) is 14.7 Å². The van der Waals surface area contributed by atoms with E-state index < -0.39 is 5.56 Å². The lowest BCUT2D eigenvalue weighted by molar-refractivity contribution is -0.131. The molecule has 1 saturated heterocycles. The second-order valence-corrected chi connectivity index (χ2v) is 7.57. The molecule has 8 heteroatoms. The molecule has 1 aromatic heterocycles. The van der Waals surface area contributed by atoms with Crippen LogP contribution in [0.25, 0.3) is 5.69 Å². The quantitative estimate of drug-likeness (QED) is 0.638. The highest BCUT2D eigenvalue weighted by Gasteiger charge is 2.26. The Morgan fingerprint density at radius 3 is 2.34 bits per heavy atom. The van der Waals surface area contributed by atoms with Crippen LogP contribution < -0.4 is 10.5 Å². The number of benzene rings is 2. The molecule has 1 amide bonds. The van der Waals surface area contributed by atoms with Crippen molar-refractivity contribution < 1.29 is 4.79 Å².